The molecule has 2 heterocycles. The van der Waals surface area contributed by atoms with Gasteiger partial charge in [0.25, 0.3) is 5.56 Å². The molecule has 0 radical (unpaired) electrons. The third-order valence-corrected chi connectivity index (χ3v) is 6.13. The Labute approximate surface area is 205 Å². The van der Waals surface area contributed by atoms with Gasteiger partial charge in [-0.05, 0) is 55.3 Å². The lowest BCUT2D eigenvalue weighted by molar-refractivity contribution is 0.0600. The number of fused-ring (bicyclic) bond motifs is 1. The molecular weight excluding hydrogens is 460 g/mol. The lowest BCUT2D eigenvalue weighted by Gasteiger charge is -2.14. The topological polar surface area (TPSA) is 109 Å². The van der Waals surface area contributed by atoms with Gasteiger partial charge in [-0.2, -0.15) is 4.98 Å². The van der Waals surface area contributed by atoms with Crippen LogP contribution >= 0.6 is 0 Å². The molecule has 0 amide bonds. The molecule has 5 rings (SSSR count). The number of benzene rings is 3. The van der Waals surface area contributed by atoms with Crippen molar-refractivity contribution in [2.45, 2.75) is 20.4 Å². The van der Waals surface area contributed by atoms with E-state index < -0.39 is 17.2 Å². The van der Waals surface area contributed by atoms with Crippen molar-refractivity contribution in [3.8, 4) is 17.1 Å². The van der Waals surface area contributed by atoms with Gasteiger partial charge in [-0.25, -0.2) is 14.2 Å². The van der Waals surface area contributed by atoms with Gasteiger partial charge in [0.15, 0.2) is 0 Å². The number of methoxy groups -OCH3 is 1. The Balaban J connectivity index is 1.67. The molecule has 36 heavy (non-hydrogen) atoms. The molecule has 0 bridgehead atoms. The number of carbonyl (C=O) groups excluding carboxylic acids is 1. The summed E-state index contributed by atoms with van der Waals surface area (Å²) in [5, 5.41) is 4.38. The van der Waals surface area contributed by atoms with Gasteiger partial charge in [0.2, 0.25) is 11.7 Å². The van der Waals surface area contributed by atoms with E-state index in [1.807, 2.05) is 32.0 Å². The van der Waals surface area contributed by atoms with Crippen LogP contribution in [0.2, 0.25) is 0 Å². The average Bonchev–Trinajstić information content (AvgIpc) is 3.37. The highest BCUT2D eigenvalue weighted by molar-refractivity contribution is 5.93. The Kier molecular flexibility index (Phi) is 5.81. The number of esters is 1. The second-order valence-corrected chi connectivity index (χ2v) is 8.35. The molecule has 0 aliphatic heterocycles. The van der Waals surface area contributed by atoms with Crippen LogP contribution in [0, 0.1) is 13.8 Å². The first-order chi connectivity index (χ1) is 17.4. The molecule has 3 aromatic carbocycles. The largest absolute Gasteiger partial charge is 0.465 e. The SMILES string of the molecule is COC(=O)c1ccccc1-n1c(=O)c2ccccc2n(Cc2nc(-c3ccc(C)c(C)c3)no2)c1=O. The lowest BCUT2D eigenvalue weighted by Crippen LogP contribution is -2.40. The predicted molar refractivity (Wildman–Crippen MR) is 133 cm³/mol. The van der Waals surface area contributed by atoms with Crippen molar-refractivity contribution >= 4 is 16.9 Å². The number of ether oxygens (including phenoxy) is 1. The molecule has 0 aliphatic rings. The molecule has 0 unspecified atom stereocenters. The van der Waals surface area contributed by atoms with Crippen LogP contribution in [0.5, 0.6) is 0 Å². The molecule has 2 aromatic heterocycles. The van der Waals surface area contributed by atoms with Gasteiger partial charge < -0.3 is 9.26 Å². The predicted octanol–water partition coefficient (Wildman–Crippen LogP) is 3.65. The quantitative estimate of drug-likeness (QED) is 0.352. The standard InChI is InChI=1S/C27H22N4O5/c1-16-12-13-18(14-17(16)2)24-28-23(36-29-24)15-30-21-10-6-4-8-19(21)25(32)31(27(30)34)22-11-7-5-9-20(22)26(33)35-3/h4-14H,15H2,1-3H3. The first-order valence-electron chi connectivity index (χ1n) is 11.2. The van der Waals surface area contributed by atoms with Gasteiger partial charge in [0, 0.05) is 5.56 Å². The molecule has 0 atom stereocenters. The van der Waals surface area contributed by atoms with Gasteiger partial charge in [0.1, 0.15) is 6.54 Å². The Hall–Kier alpha value is -4.79. The first-order valence-corrected chi connectivity index (χ1v) is 11.2. The average molecular weight is 482 g/mol. The van der Waals surface area contributed by atoms with Gasteiger partial charge in [-0.3, -0.25) is 9.36 Å². The number of aryl methyl sites for hydroxylation is 2. The normalized spacial score (nSPS) is 11.1. The van der Waals surface area contributed by atoms with E-state index in [0.717, 1.165) is 21.3 Å². The molecule has 9 heteroatoms. The van der Waals surface area contributed by atoms with Crippen molar-refractivity contribution in [3.05, 3.63) is 110 Å². The molecule has 9 nitrogen and oxygen atoms in total. The highest BCUT2D eigenvalue weighted by Crippen LogP contribution is 2.20. The maximum atomic E-state index is 13.7. The molecule has 0 spiro atoms. The van der Waals surface area contributed by atoms with Crippen molar-refractivity contribution in [3.63, 3.8) is 0 Å². The number of hydrogen-bond donors (Lipinski definition) is 0. The number of hydrogen-bond acceptors (Lipinski definition) is 7. The van der Waals surface area contributed by atoms with E-state index in [1.54, 1.807) is 36.4 Å². The number of nitrogens with zero attached hydrogens (tertiary/aromatic N) is 4. The summed E-state index contributed by atoms with van der Waals surface area (Å²) in [5.74, 6) is -0.0664. The summed E-state index contributed by atoms with van der Waals surface area (Å²) in [6.45, 7) is 3.95. The second-order valence-electron chi connectivity index (χ2n) is 8.35. The van der Waals surface area contributed by atoms with E-state index >= 15 is 0 Å². The van der Waals surface area contributed by atoms with E-state index in [0.29, 0.717) is 16.7 Å². The molecule has 180 valence electrons. The van der Waals surface area contributed by atoms with Gasteiger partial charge in [-0.1, -0.05) is 41.6 Å². The molecule has 5 aromatic rings. The second kappa shape index (κ2) is 9.10. The highest BCUT2D eigenvalue weighted by Gasteiger charge is 2.21. The number of aromatic nitrogens is 4. The van der Waals surface area contributed by atoms with Crippen LogP contribution in [0.1, 0.15) is 27.4 Å². The molecule has 0 N–H and O–H groups in total. The molecule has 0 saturated heterocycles. The third-order valence-electron chi connectivity index (χ3n) is 6.13. The number of para-hydroxylation sites is 2. The maximum Gasteiger partial charge on any atom is 0.339 e. The van der Waals surface area contributed by atoms with E-state index in [-0.39, 0.29) is 23.7 Å². The summed E-state index contributed by atoms with van der Waals surface area (Å²) in [6, 6.07) is 18.9. The fourth-order valence-electron chi connectivity index (χ4n) is 4.09. The van der Waals surface area contributed by atoms with Gasteiger partial charge in [0.05, 0.1) is 29.3 Å². The zero-order valence-corrected chi connectivity index (χ0v) is 19.9. The van der Waals surface area contributed by atoms with Crippen LogP contribution in [-0.4, -0.2) is 32.4 Å². The maximum absolute atomic E-state index is 13.7. The van der Waals surface area contributed by atoms with Crippen molar-refractivity contribution < 1.29 is 14.1 Å². The fraction of sp³-hybridized carbons (Fsp3) is 0.148. The number of rotatable bonds is 5. The van der Waals surface area contributed by atoms with Crippen LogP contribution < -0.4 is 11.2 Å². The zero-order valence-electron chi connectivity index (χ0n) is 19.9. The fourth-order valence-corrected chi connectivity index (χ4v) is 4.09. The van der Waals surface area contributed by atoms with E-state index in [2.05, 4.69) is 10.1 Å². The van der Waals surface area contributed by atoms with Crippen LogP contribution in [0.4, 0.5) is 0 Å². The van der Waals surface area contributed by atoms with E-state index in [1.165, 1.54) is 23.8 Å². The van der Waals surface area contributed by atoms with E-state index in [9.17, 15) is 14.4 Å². The van der Waals surface area contributed by atoms with Crippen molar-refractivity contribution in [2.75, 3.05) is 7.11 Å². The minimum atomic E-state index is -0.661. The van der Waals surface area contributed by atoms with Crippen molar-refractivity contribution in [2.24, 2.45) is 0 Å². The van der Waals surface area contributed by atoms with E-state index in [4.69, 9.17) is 9.26 Å². The molecule has 0 aliphatic carbocycles. The van der Waals surface area contributed by atoms with Crippen LogP contribution in [0.15, 0.2) is 80.8 Å². The Bertz CT molecular complexity index is 1750. The lowest BCUT2D eigenvalue weighted by atomic mass is 10.1. The van der Waals surface area contributed by atoms with Crippen LogP contribution in [0.3, 0.4) is 0 Å². The number of carbonyl (C=O) groups is 1. The van der Waals surface area contributed by atoms with Crippen molar-refractivity contribution in [1.29, 1.82) is 0 Å². The summed E-state index contributed by atoms with van der Waals surface area (Å²) >= 11 is 0. The molecule has 0 fully saturated rings. The summed E-state index contributed by atoms with van der Waals surface area (Å²) in [7, 11) is 1.24. The minimum absolute atomic E-state index is 0.0716. The Morgan fingerprint density at radius 2 is 1.72 bits per heavy atom. The smallest absolute Gasteiger partial charge is 0.339 e. The Morgan fingerprint density at radius 1 is 0.972 bits per heavy atom. The van der Waals surface area contributed by atoms with Gasteiger partial charge in [-0.15, -0.1) is 0 Å². The molecule has 0 saturated carbocycles. The monoisotopic (exact) mass is 482 g/mol. The minimum Gasteiger partial charge on any atom is -0.465 e. The summed E-state index contributed by atoms with van der Waals surface area (Å²) in [5.41, 5.74) is 2.46. The summed E-state index contributed by atoms with van der Waals surface area (Å²) in [6.07, 6.45) is 0. The Morgan fingerprint density at radius 3 is 2.50 bits per heavy atom. The zero-order chi connectivity index (χ0) is 25.4. The highest BCUT2D eigenvalue weighted by atomic mass is 16.5. The first kappa shape index (κ1) is 23.0. The summed E-state index contributed by atoms with van der Waals surface area (Å²) < 4.78 is 12.7. The van der Waals surface area contributed by atoms with Crippen LogP contribution in [0.25, 0.3) is 28.0 Å². The van der Waals surface area contributed by atoms with Crippen molar-refractivity contribution in [1.82, 2.24) is 19.3 Å². The van der Waals surface area contributed by atoms with Gasteiger partial charge >= 0.3 is 11.7 Å². The molecular formula is C27H22N4O5. The summed E-state index contributed by atoms with van der Waals surface area (Å²) in [4.78, 5) is 44.0. The third kappa shape index (κ3) is 3.90. The van der Waals surface area contributed by atoms with Crippen LogP contribution in [-0.2, 0) is 11.3 Å².